The molecule has 0 radical (unpaired) electrons. The van der Waals surface area contributed by atoms with Crippen LogP contribution in [0.1, 0.15) is 11.1 Å². The van der Waals surface area contributed by atoms with Gasteiger partial charge < -0.3 is 20.1 Å². The molecule has 0 aliphatic carbocycles. The molecular weight excluding hydrogens is 566 g/mol. The summed E-state index contributed by atoms with van der Waals surface area (Å²) in [4.78, 5) is 0. The van der Waals surface area contributed by atoms with Gasteiger partial charge in [0.05, 0.1) is 11.1 Å². The van der Waals surface area contributed by atoms with E-state index in [9.17, 15) is 47.4 Å². The number of nitrogens with one attached hydrogen (secondary N) is 2. The van der Waals surface area contributed by atoms with Crippen molar-refractivity contribution in [3.05, 3.63) is 82.6 Å². The molecule has 0 unspecified atom stereocenters. The molecule has 8 nitrogen and oxygen atoms in total. The largest absolute Gasteiger partial charge is 0.436 e. The monoisotopic (exact) mass is 576 g/mol. The summed E-state index contributed by atoms with van der Waals surface area (Å²) in [6.07, 6.45) is -9.34. The van der Waals surface area contributed by atoms with E-state index in [1.165, 1.54) is 0 Å². The highest BCUT2D eigenvalue weighted by molar-refractivity contribution is 6.05. The molecular formula is C28H10F6N6O2. The van der Waals surface area contributed by atoms with Crippen LogP contribution in [-0.4, -0.2) is 0 Å². The number of rotatable bonds is 2. The van der Waals surface area contributed by atoms with Crippen molar-refractivity contribution in [1.82, 2.24) is 0 Å². The molecule has 2 aliphatic rings. The second-order valence-electron chi connectivity index (χ2n) is 8.62. The minimum absolute atomic E-state index is 0.0217. The Morgan fingerprint density at radius 1 is 0.548 bits per heavy atom. The van der Waals surface area contributed by atoms with Crippen molar-refractivity contribution in [1.29, 1.82) is 21.0 Å². The molecule has 5 rings (SSSR count). The molecule has 0 amide bonds. The van der Waals surface area contributed by atoms with E-state index >= 15 is 0 Å². The normalized spacial score (nSPS) is 13.1. The van der Waals surface area contributed by atoms with E-state index in [0.717, 1.165) is 48.5 Å². The van der Waals surface area contributed by atoms with Crippen molar-refractivity contribution in [2.24, 2.45) is 0 Å². The molecule has 42 heavy (non-hydrogen) atoms. The average Bonchev–Trinajstić information content (AvgIpc) is 3.58. The van der Waals surface area contributed by atoms with Crippen LogP contribution in [0.5, 0.6) is 11.5 Å². The van der Waals surface area contributed by atoms with Crippen molar-refractivity contribution < 1.29 is 35.8 Å². The molecule has 0 fully saturated rings. The van der Waals surface area contributed by atoms with Crippen LogP contribution < -0.4 is 20.1 Å². The van der Waals surface area contributed by atoms with Crippen LogP contribution in [0.2, 0.25) is 0 Å². The molecule has 2 N–H and O–H groups in total. The molecule has 14 heteroatoms. The van der Waals surface area contributed by atoms with Gasteiger partial charge in [-0.25, -0.2) is 0 Å². The standard InChI is InChI=1S/C28H10F6N6O2/c29-27(30,31)17-5-1-13(2-6-17)19-20(14-3-7-18(8-4-14)28(32,33)34)24-22(40-26(42-24)16(11-37)12-38)21-23(19)41-25(39-21)15(9-35)10-36/h1-8,39-40H. The Morgan fingerprint density at radius 2 is 0.857 bits per heavy atom. The van der Waals surface area contributed by atoms with Gasteiger partial charge >= 0.3 is 12.4 Å². The van der Waals surface area contributed by atoms with E-state index < -0.39 is 34.6 Å². The SMILES string of the molecule is N#CC(C#N)=C1Nc2c3c(c(-c4ccc(C(F)(F)F)cc4)c(-c4ccc(C(F)(F)F)cc4)c2O1)OC(=C(C#N)C#N)N3. The Kier molecular flexibility index (Phi) is 6.41. The zero-order valence-corrected chi connectivity index (χ0v) is 20.5. The predicted molar refractivity (Wildman–Crippen MR) is 132 cm³/mol. The number of ether oxygens (including phenoxy) is 2. The first-order valence-electron chi connectivity index (χ1n) is 11.5. The Morgan fingerprint density at radius 3 is 1.12 bits per heavy atom. The van der Waals surface area contributed by atoms with Gasteiger partial charge in [0.15, 0.2) is 22.6 Å². The van der Waals surface area contributed by atoms with Crippen LogP contribution in [0.15, 0.2) is 71.4 Å². The second kappa shape index (κ2) is 9.81. The zero-order valence-electron chi connectivity index (χ0n) is 20.5. The summed E-state index contributed by atoms with van der Waals surface area (Å²) in [7, 11) is 0. The van der Waals surface area contributed by atoms with Gasteiger partial charge in [-0.2, -0.15) is 47.4 Å². The fourth-order valence-electron chi connectivity index (χ4n) is 4.31. The van der Waals surface area contributed by atoms with Gasteiger partial charge in [0.2, 0.25) is 11.8 Å². The number of anilines is 2. The summed E-state index contributed by atoms with van der Waals surface area (Å²) in [6.45, 7) is 0. The summed E-state index contributed by atoms with van der Waals surface area (Å²) in [5.41, 5.74) is -2.68. The van der Waals surface area contributed by atoms with Gasteiger partial charge in [0, 0.05) is 11.1 Å². The summed E-state index contributed by atoms with van der Waals surface area (Å²) in [5, 5.41) is 43.0. The molecule has 0 bridgehead atoms. The lowest BCUT2D eigenvalue weighted by Crippen LogP contribution is -2.05. The number of hydrogen-bond acceptors (Lipinski definition) is 8. The predicted octanol–water partition coefficient (Wildman–Crippen LogP) is 7.18. The summed E-state index contributed by atoms with van der Waals surface area (Å²) in [5.74, 6) is -0.909. The molecule has 0 spiro atoms. The maximum Gasteiger partial charge on any atom is 0.416 e. The highest BCUT2D eigenvalue weighted by Crippen LogP contribution is 2.60. The number of alkyl halides is 6. The molecule has 0 aromatic heterocycles. The van der Waals surface area contributed by atoms with Gasteiger partial charge in [-0.1, -0.05) is 24.3 Å². The maximum absolute atomic E-state index is 13.3. The van der Waals surface area contributed by atoms with E-state index in [1.54, 1.807) is 24.3 Å². The van der Waals surface area contributed by atoms with Crippen molar-refractivity contribution in [2.75, 3.05) is 10.6 Å². The third-order valence-corrected chi connectivity index (χ3v) is 6.20. The number of fused-ring (bicyclic) bond motifs is 3. The van der Waals surface area contributed by atoms with E-state index in [2.05, 4.69) is 10.6 Å². The van der Waals surface area contributed by atoms with Gasteiger partial charge in [0.25, 0.3) is 0 Å². The fraction of sp³-hybridized carbons (Fsp3) is 0.0714. The van der Waals surface area contributed by atoms with E-state index in [4.69, 9.17) is 9.47 Å². The first-order valence-corrected chi connectivity index (χ1v) is 11.5. The third-order valence-electron chi connectivity index (χ3n) is 6.20. The van der Waals surface area contributed by atoms with Gasteiger partial charge in [-0.3, -0.25) is 0 Å². The fourth-order valence-corrected chi connectivity index (χ4v) is 4.31. The minimum atomic E-state index is -4.67. The first-order chi connectivity index (χ1) is 19.9. The summed E-state index contributed by atoms with van der Waals surface area (Å²) < 4.78 is 91.6. The maximum atomic E-state index is 13.3. The number of benzene rings is 3. The lowest BCUT2D eigenvalue weighted by molar-refractivity contribution is -0.138. The minimum Gasteiger partial charge on any atom is -0.436 e. The topological polar surface area (TPSA) is 138 Å². The number of nitrogens with zero attached hydrogens (tertiary/aromatic N) is 4. The van der Waals surface area contributed by atoms with Crippen molar-refractivity contribution in [3.63, 3.8) is 0 Å². The number of allylic oxidation sites excluding steroid dienone is 2. The number of halogens is 6. The van der Waals surface area contributed by atoms with Crippen LogP contribution in [0.3, 0.4) is 0 Å². The highest BCUT2D eigenvalue weighted by Gasteiger charge is 2.39. The molecule has 3 aromatic carbocycles. The highest BCUT2D eigenvalue weighted by atomic mass is 19.4. The Bertz CT molecular complexity index is 1710. The van der Waals surface area contributed by atoms with Crippen LogP contribution in [-0.2, 0) is 12.4 Å². The van der Waals surface area contributed by atoms with Crippen LogP contribution in [0, 0.1) is 45.3 Å². The van der Waals surface area contributed by atoms with Crippen molar-refractivity contribution in [2.45, 2.75) is 12.4 Å². The smallest absolute Gasteiger partial charge is 0.416 e. The van der Waals surface area contributed by atoms with Crippen LogP contribution >= 0.6 is 0 Å². The van der Waals surface area contributed by atoms with Gasteiger partial charge in [-0.15, -0.1) is 0 Å². The zero-order chi connectivity index (χ0) is 30.4. The second-order valence-corrected chi connectivity index (χ2v) is 8.62. The van der Waals surface area contributed by atoms with E-state index in [1.807, 2.05) is 0 Å². The average molecular weight is 576 g/mol. The van der Waals surface area contributed by atoms with Crippen LogP contribution in [0.25, 0.3) is 22.3 Å². The Hall–Kier alpha value is -6.12. The van der Waals surface area contributed by atoms with Crippen molar-refractivity contribution >= 4 is 11.4 Å². The van der Waals surface area contributed by atoms with E-state index in [-0.39, 0.29) is 56.9 Å². The lowest BCUT2D eigenvalue weighted by Gasteiger charge is -2.18. The Labute approximate surface area is 232 Å². The molecule has 2 heterocycles. The number of nitriles is 4. The van der Waals surface area contributed by atoms with Gasteiger partial charge in [-0.05, 0) is 35.4 Å². The van der Waals surface area contributed by atoms with E-state index in [0.29, 0.717) is 0 Å². The lowest BCUT2D eigenvalue weighted by atomic mass is 9.90. The molecule has 0 saturated heterocycles. The summed E-state index contributed by atoms with van der Waals surface area (Å²) in [6, 6.07) is 14.1. The quantitative estimate of drug-likeness (QED) is 0.242. The Balaban J connectivity index is 1.87. The molecule has 0 atom stereocenters. The third kappa shape index (κ3) is 4.53. The molecule has 3 aromatic rings. The molecule has 2 aliphatic heterocycles. The van der Waals surface area contributed by atoms with Crippen molar-refractivity contribution in [3.8, 4) is 58.0 Å². The summed E-state index contributed by atoms with van der Waals surface area (Å²) >= 11 is 0. The number of hydrogen-bond donors (Lipinski definition) is 2. The van der Waals surface area contributed by atoms with Crippen LogP contribution in [0.4, 0.5) is 37.7 Å². The molecule has 206 valence electrons. The molecule has 0 saturated carbocycles. The first kappa shape index (κ1) is 27.4. The van der Waals surface area contributed by atoms with Gasteiger partial charge in [0.1, 0.15) is 35.7 Å².